The third-order valence-electron chi connectivity index (χ3n) is 1.09. The van der Waals surface area contributed by atoms with Crippen LogP contribution in [0.1, 0.15) is 6.92 Å². The molecule has 0 spiro atoms. The number of ether oxygens (including phenoxy) is 1. The fourth-order valence-electron chi connectivity index (χ4n) is 0.669. The van der Waals surface area contributed by atoms with Crippen LogP contribution in [0.15, 0.2) is 23.3 Å². The Bertz CT molecular complexity index is 254. The summed E-state index contributed by atoms with van der Waals surface area (Å²) >= 11 is 0. The lowest BCUT2D eigenvalue weighted by Crippen LogP contribution is -2.05. The Balaban J connectivity index is 2.92. The number of nitrogens with one attached hydrogen (secondary N) is 1. The molecule has 3 nitrogen and oxygen atoms in total. The predicted octanol–water partition coefficient (Wildman–Crippen LogP) is 0.774. The topological polar surface area (TPSA) is 42.1 Å². The van der Waals surface area contributed by atoms with E-state index in [4.69, 9.17) is 4.74 Å². The summed E-state index contributed by atoms with van der Waals surface area (Å²) in [6.07, 6.45) is 3.12. The van der Waals surface area contributed by atoms with E-state index in [9.17, 15) is 4.79 Å². The van der Waals surface area contributed by atoms with Crippen LogP contribution in [0.5, 0.6) is 5.75 Å². The van der Waals surface area contributed by atoms with Crippen molar-refractivity contribution < 1.29 is 4.74 Å². The number of aromatic amines is 1. The van der Waals surface area contributed by atoms with Crippen molar-refractivity contribution in [1.29, 1.82) is 0 Å². The van der Waals surface area contributed by atoms with Gasteiger partial charge in [-0.1, -0.05) is 0 Å². The maximum absolute atomic E-state index is 10.9. The van der Waals surface area contributed by atoms with E-state index in [1.165, 1.54) is 6.07 Å². The van der Waals surface area contributed by atoms with Gasteiger partial charge in [0.1, 0.15) is 0 Å². The number of H-pyrrole nitrogens is 1. The van der Waals surface area contributed by atoms with E-state index in [1.807, 2.05) is 6.92 Å². The van der Waals surface area contributed by atoms with Gasteiger partial charge < -0.3 is 9.72 Å². The van der Waals surface area contributed by atoms with Crippen LogP contribution in [-0.2, 0) is 0 Å². The van der Waals surface area contributed by atoms with Crippen molar-refractivity contribution in [2.45, 2.75) is 6.92 Å². The quantitative estimate of drug-likeness (QED) is 0.657. The van der Waals surface area contributed by atoms with E-state index in [0.717, 1.165) is 0 Å². The van der Waals surface area contributed by atoms with Crippen molar-refractivity contribution >= 4 is 0 Å². The highest BCUT2D eigenvalue weighted by molar-refractivity contribution is 5.15. The zero-order valence-electron chi connectivity index (χ0n) is 5.76. The van der Waals surface area contributed by atoms with Gasteiger partial charge in [0.15, 0.2) is 5.75 Å². The monoisotopic (exact) mass is 139 g/mol. The minimum Gasteiger partial charge on any atom is -0.488 e. The summed E-state index contributed by atoms with van der Waals surface area (Å²) in [7, 11) is 0. The van der Waals surface area contributed by atoms with E-state index in [2.05, 4.69) is 4.98 Å². The van der Waals surface area contributed by atoms with Crippen molar-refractivity contribution in [2.24, 2.45) is 0 Å². The maximum atomic E-state index is 10.9. The molecular formula is C7H9NO2. The van der Waals surface area contributed by atoms with Gasteiger partial charge in [0.05, 0.1) is 6.61 Å². The van der Waals surface area contributed by atoms with E-state index >= 15 is 0 Å². The Morgan fingerprint density at radius 3 is 3.10 bits per heavy atom. The van der Waals surface area contributed by atoms with Crippen LogP contribution in [0.2, 0.25) is 0 Å². The molecule has 1 heterocycles. The summed E-state index contributed by atoms with van der Waals surface area (Å²) in [5.74, 6) is 0.380. The Hall–Kier alpha value is -1.25. The summed E-state index contributed by atoms with van der Waals surface area (Å²) in [6.45, 7) is 2.36. The standard InChI is InChI=1S/C7H9NO2/c1-2-10-7-5-8-4-3-6(7)9/h3-5H,2H2,1H3,(H,8,9). The molecule has 1 rings (SSSR count). The molecule has 1 aromatic heterocycles. The number of pyridine rings is 1. The molecule has 1 N–H and O–H groups in total. The average Bonchev–Trinajstić information content (AvgIpc) is 1.94. The first-order valence-electron chi connectivity index (χ1n) is 3.14. The molecule has 0 aliphatic heterocycles. The summed E-state index contributed by atoms with van der Waals surface area (Å²) < 4.78 is 4.99. The zero-order chi connectivity index (χ0) is 7.40. The van der Waals surface area contributed by atoms with Crippen LogP contribution in [0.25, 0.3) is 0 Å². The van der Waals surface area contributed by atoms with Gasteiger partial charge >= 0.3 is 0 Å². The van der Waals surface area contributed by atoms with Crippen molar-refractivity contribution in [3.8, 4) is 5.75 Å². The fraction of sp³-hybridized carbons (Fsp3) is 0.286. The molecule has 0 bridgehead atoms. The second-order valence-electron chi connectivity index (χ2n) is 1.81. The molecule has 0 atom stereocenters. The third kappa shape index (κ3) is 1.37. The van der Waals surface area contributed by atoms with Gasteiger partial charge in [-0.3, -0.25) is 4.79 Å². The van der Waals surface area contributed by atoms with E-state index < -0.39 is 0 Å². The number of rotatable bonds is 2. The van der Waals surface area contributed by atoms with Gasteiger partial charge in [0, 0.05) is 18.5 Å². The Labute approximate surface area is 58.7 Å². The maximum Gasteiger partial charge on any atom is 0.223 e. The third-order valence-corrected chi connectivity index (χ3v) is 1.09. The highest BCUT2D eigenvalue weighted by atomic mass is 16.5. The van der Waals surface area contributed by atoms with Crippen LogP contribution >= 0.6 is 0 Å². The summed E-state index contributed by atoms with van der Waals surface area (Å²) in [6, 6.07) is 1.44. The van der Waals surface area contributed by atoms with E-state index in [0.29, 0.717) is 12.4 Å². The van der Waals surface area contributed by atoms with Gasteiger partial charge in [-0.25, -0.2) is 0 Å². The first-order valence-corrected chi connectivity index (χ1v) is 3.14. The molecule has 0 aliphatic carbocycles. The lowest BCUT2D eigenvalue weighted by atomic mass is 10.4. The Morgan fingerprint density at radius 2 is 2.50 bits per heavy atom. The highest BCUT2D eigenvalue weighted by Gasteiger charge is 1.93. The van der Waals surface area contributed by atoms with Crippen LogP contribution in [0, 0.1) is 0 Å². The largest absolute Gasteiger partial charge is 0.488 e. The SMILES string of the molecule is CCOc1c[nH]ccc1=O. The fourth-order valence-corrected chi connectivity index (χ4v) is 0.669. The van der Waals surface area contributed by atoms with Crippen molar-refractivity contribution in [3.05, 3.63) is 28.7 Å². The molecule has 0 amide bonds. The predicted molar refractivity (Wildman–Crippen MR) is 38.2 cm³/mol. The molecule has 54 valence electrons. The zero-order valence-corrected chi connectivity index (χ0v) is 5.76. The molecule has 0 saturated heterocycles. The van der Waals surface area contributed by atoms with Gasteiger partial charge in [-0.2, -0.15) is 0 Å². The van der Waals surface area contributed by atoms with Crippen LogP contribution in [-0.4, -0.2) is 11.6 Å². The molecule has 3 heteroatoms. The lowest BCUT2D eigenvalue weighted by molar-refractivity contribution is 0.336. The number of hydrogen-bond acceptors (Lipinski definition) is 2. The molecule has 1 aromatic rings. The lowest BCUT2D eigenvalue weighted by Gasteiger charge is -1.98. The smallest absolute Gasteiger partial charge is 0.223 e. The van der Waals surface area contributed by atoms with Gasteiger partial charge in [0.2, 0.25) is 5.43 Å². The average molecular weight is 139 g/mol. The van der Waals surface area contributed by atoms with Crippen molar-refractivity contribution in [3.63, 3.8) is 0 Å². The van der Waals surface area contributed by atoms with E-state index in [-0.39, 0.29) is 5.43 Å². The minimum absolute atomic E-state index is 0.0828. The van der Waals surface area contributed by atoms with Crippen molar-refractivity contribution in [1.82, 2.24) is 4.98 Å². The summed E-state index contributed by atoms with van der Waals surface area (Å²) in [5.41, 5.74) is -0.0828. The second kappa shape index (κ2) is 3.06. The Morgan fingerprint density at radius 1 is 1.70 bits per heavy atom. The van der Waals surface area contributed by atoms with Gasteiger partial charge in [-0.15, -0.1) is 0 Å². The molecule has 0 unspecified atom stereocenters. The molecule has 0 saturated carbocycles. The number of hydrogen-bond donors (Lipinski definition) is 1. The van der Waals surface area contributed by atoms with Gasteiger partial charge in [0.25, 0.3) is 0 Å². The van der Waals surface area contributed by atoms with E-state index in [1.54, 1.807) is 12.4 Å². The molecule has 10 heavy (non-hydrogen) atoms. The van der Waals surface area contributed by atoms with Crippen LogP contribution in [0.3, 0.4) is 0 Å². The second-order valence-corrected chi connectivity index (χ2v) is 1.81. The molecule has 0 radical (unpaired) electrons. The first kappa shape index (κ1) is 6.86. The summed E-state index contributed by atoms with van der Waals surface area (Å²) in [4.78, 5) is 13.6. The van der Waals surface area contributed by atoms with Crippen LogP contribution in [0.4, 0.5) is 0 Å². The molecular weight excluding hydrogens is 130 g/mol. The Kier molecular flexibility index (Phi) is 2.10. The van der Waals surface area contributed by atoms with Crippen molar-refractivity contribution in [2.75, 3.05) is 6.61 Å². The number of aromatic nitrogens is 1. The van der Waals surface area contributed by atoms with Crippen LogP contribution < -0.4 is 10.2 Å². The highest BCUT2D eigenvalue weighted by Crippen LogP contribution is 1.96. The molecule has 0 aromatic carbocycles. The molecule has 0 aliphatic rings. The first-order chi connectivity index (χ1) is 4.84. The summed E-state index contributed by atoms with van der Waals surface area (Å²) in [5, 5.41) is 0. The molecule has 0 fully saturated rings. The van der Waals surface area contributed by atoms with Gasteiger partial charge in [-0.05, 0) is 6.92 Å². The minimum atomic E-state index is -0.0828. The normalized spacial score (nSPS) is 9.30.